The number of amides is 1. The van der Waals surface area contributed by atoms with Gasteiger partial charge in [0.25, 0.3) is 5.91 Å². The van der Waals surface area contributed by atoms with Crippen molar-refractivity contribution in [2.45, 2.75) is 19.3 Å². The van der Waals surface area contributed by atoms with Crippen LogP contribution in [0.15, 0.2) is 103 Å². The van der Waals surface area contributed by atoms with Gasteiger partial charge in [0.05, 0.1) is 0 Å². The molecular formula is C33H31N3O2. The fraction of sp³-hybridized carbons (Fsp3) is 0.212. The van der Waals surface area contributed by atoms with Gasteiger partial charge in [-0.2, -0.15) is 0 Å². The molecule has 0 atom stereocenters. The van der Waals surface area contributed by atoms with Gasteiger partial charge in [0.1, 0.15) is 17.1 Å². The first-order valence-electron chi connectivity index (χ1n) is 13.3. The molecule has 0 saturated carbocycles. The van der Waals surface area contributed by atoms with E-state index in [4.69, 9.17) is 9.72 Å². The number of pyridine rings is 1. The highest BCUT2D eigenvalue weighted by Gasteiger charge is 2.21. The summed E-state index contributed by atoms with van der Waals surface area (Å²) in [5, 5.41) is 6.09. The van der Waals surface area contributed by atoms with Crippen LogP contribution in [0, 0.1) is 5.92 Å². The number of benzene rings is 4. The Morgan fingerprint density at radius 1 is 0.816 bits per heavy atom. The Labute approximate surface area is 223 Å². The molecule has 1 N–H and O–H groups in total. The van der Waals surface area contributed by atoms with E-state index in [1.165, 1.54) is 5.56 Å². The average Bonchev–Trinajstić information content (AvgIpc) is 2.97. The largest absolute Gasteiger partial charge is 0.481 e. The van der Waals surface area contributed by atoms with E-state index in [1.807, 2.05) is 60.7 Å². The number of ether oxygens (including phenoxy) is 1. The molecule has 0 bridgehead atoms. The smallest absolute Gasteiger partial charge is 0.262 e. The molecule has 5 heteroatoms. The van der Waals surface area contributed by atoms with Gasteiger partial charge in [-0.25, -0.2) is 4.98 Å². The number of anilines is 2. The van der Waals surface area contributed by atoms with Crippen molar-refractivity contribution < 1.29 is 9.53 Å². The van der Waals surface area contributed by atoms with Crippen molar-refractivity contribution in [2.24, 2.45) is 5.92 Å². The van der Waals surface area contributed by atoms with Crippen molar-refractivity contribution in [3.8, 4) is 5.75 Å². The third-order valence-corrected chi connectivity index (χ3v) is 7.40. The summed E-state index contributed by atoms with van der Waals surface area (Å²) in [6.07, 6.45) is 3.45. The molecule has 1 aromatic heterocycles. The van der Waals surface area contributed by atoms with Crippen molar-refractivity contribution in [1.29, 1.82) is 0 Å². The standard InChI is InChI=1S/C33H31N3O2/c37-32(34-29-14-6-11-26-10-4-5-13-28(26)29)23-38-30-15-7-12-27-16-17-31(35-33(27)30)36-20-18-25(19-21-36)22-24-8-2-1-3-9-24/h1-17,25H,18-23H2,(H,34,37). The van der Waals surface area contributed by atoms with Gasteiger partial charge in [0.15, 0.2) is 6.61 Å². The Morgan fingerprint density at radius 3 is 2.42 bits per heavy atom. The number of piperidine rings is 1. The van der Waals surface area contributed by atoms with Gasteiger partial charge in [-0.1, -0.05) is 78.9 Å². The van der Waals surface area contributed by atoms with Gasteiger partial charge >= 0.3 is 0 Å². The molecule has 0 spiro atoms. The molecule has 0 unspecified atom stereocenters. The van der Waals surface area contributed by atoms with Crippen molar-refractivity contribution in [3.63, 3.8) is 0 Å². The molecule has 38 heavy (non-hydrogen) atoms. The summed E-state index contributed by atoms with van der Waals surface area (Å²) in [5.41, 5.74) is 2.99. The quantitative estimate of drug-likeness (QED) is 0.265. The van der Waals surface area contributed by atoms with Crippen LogP contribution in [0.4, 0.5) is 11.5 Å². The molecule has 190 valence electrons. The van der Waals surface area contributed by atoms with E-state index in [-0.39, 0.29) is 12.5 Å². The van der Waals surface area contributed by atoms with Crippen LogP contribution in [-0.2, 0) is 11.2 Å². The Bertz CT molecular complexity index is 1550. The second-order valence-electron chi connectivity index (χ2n) is 9.98. The van der Waals surface area contributed by atoms with E-state index in [0.717, 1.165) is 65.5 Å². The second-order valence-corrected chi connectivity index (χ2v) is 9.98. The van der Waals surface area contributed by atoms with Crippen LogP contribution < -0.4 is 15.0 Å². The molecule has 2 heterocycles. The van der Waals surface area contributed by atoms with Gasteiger partial charge in [0, 0.05) is 29.5 Å². The molecule has 1 aliphatic heterocycles. The van der Waals surface area contributed by atoms with Crippen LogP contribution in [0.5, 0.6) is 5.75 Å². The normalized spacial score (nSPS) is 14.1. The first-order valence-corrected chi connectivity index (χ1v) is 13.3. The molecule has 6 rings (SSSR count). The van der Waals surface area contributed by atoms with Gasteiger partial charge in [0.2, 0.25) is 0 Å². The monoisotopic (exact) mass is 501 g/mol. The van der Waals surface area contributed by atoms with Crippen LogP contribution in [0.1, 0.15) is 18.4 Å². The summed E-state index contributed by atoms with van der Waals surface area (Å²) in [6.45, 7) is 1.90. The highest BCUT2D eigenvalue weighted by Crippen LogP contribution is 2.30. The molecule has 0 aliphatic carbocycles. The lowest BCUT2D eigenvalue weighted by molar-refractivity contribution is -0.118. The van der Waals surface area contributed by atoms with Crippen molar-refractivity contribution >= 4 is 39.1 Å². The number of nitrogens with zero attached hydrogens (tertiary/aromatic N) is 2. The van der Waals surface area contributed by atoms with E-state index in [0.29, 0.717) is 11.7 Å². The summed E-state index contributed by atoms with van der Waals surface area (Å²) < 4.78 is 6.00. The number of carbonyl (C=O) groups is 1. The number of hydrogen-bond acceptors (Lipinski definition) is 4. The Morgan fingerprint density at radius 2 is 1.55 bits per heavy atom. The Balaban J connectivity index is 1.12. The van der Waals surface area contributed by atoms with E-state index in [1.54, 1.807) is 0 Å². The molecule has 4 aromatic carbocycles. The van der Waals surface area contributed by atoms with Gasteiger partial charge in [-0.15, -0.1) is 0 Å². The van der Waals surface area contributed by atoms with Crippen LogP contribution in [-0.4, -0.2) is 30.6 Å². The fourth-order valence-corrected chi connectivity index (χ4v) is 5.38. The lowest BCUT2D eigenvalue weighted by atomic mass is 9.90. The van der Waals surface area contributed by atoms with Crippen LogP contribution in [0.3, 0.4) is 0 Å². The molecule has 1 amide bonds. The minimum absolute atomic E-state index is 0.0842. The lowest BCUT2D eigenvalue weighted by Gasteiger charge is -2.33. The number of aromatic nitrogens is 1. The average molecular weight is 502 g/mol. The number of para-hydroxylation sites is 1. The van der Waals surface area contributed by atoms with Crippen LogP contribution in [0.25, 0.3) is 21.7 Å². The molecule has 1 fully saturated rings. The number of nitrogens with one attached hydrogen (secondary N) is 1. The first kappa shape index (κ1) is 24.0. The van der Waals surface area contributed by atoms with Crippen LogP contribution >= 0.6 is 0 Å². The number of rotatable bonds is 7. The highest BCUT2D eigenvalue weighted by molar-refractivity contribution is 6.02. The third kappa shape index (κ3) is 5.32. The van der Waals surface area contributed by atoms with E-state index < -0.39 is 0 Å². The minimum atomic E-state index is -0.199. The topological polar surface area (TPSA) is 54.5 Å². The maximum Gasteiger partial charge on any atom is 0.262 e. The summed E-state index contributed by atoms with van der Waals surface area (Å²) in [7, 11) is 0. The summed E-state index contributed by atoms with van der Waals surface area (Å²) in [6, 6.07) is 34.7. The summed E-state index contributed by atoms with van der Waals surface area (Å²) >= 11 is 0. The first-order chi connectivity index (χ1) is 18.7. The summed E-state index contributed by atoms with van der Waals surface area (Å²) in [5.74, 6) is 2.09. The molecular weight excluding hydrogens is 470 g/mol. The second kappa shape index (κ2) is 10.9. The predicted molar refractivity (Wildman–Crippen MR) is 155 cm³/mol. The van der Waals surface area contributed by atoms with Crippen LogP contribution in [0.2, 0.25) is 0 Å². The molecule has 1 saturated heterocycles. The summed E-state index contributed by atoms with van der Waals surface area (Å²) in [4.78, 5) is 20.1. The van der Waals surface area contributed by atoms with E-state index in [2.05, 4.69) is 52.7 Å². The van der Waals surface area contributed by atoms with Gasteiger partial charge < -0.3 is 15.0 Å². The van der Waals surface area contributed by atoms with Crippen molar-refractivity contribution in [1.82, 2.24) is 4.98 Å². The van der Waals surface area contributed by atoms with Gasteiger partial charge in [-0.3, -0.25) is 4.79 Å². The minimum Gasteiger partial charge on any atom is -0.481 e. The highest BCUT2D eigenvalue weighted by atomic mass is 16.5. The lowest BCUT2D eigenvalue weighted by Crippen LogP contribution is -2.34. The Hall–Kier alpha value is -4.38. The Kier molecular flexibility index (Phi) is 6.90. The van der Waals surface area contributed by atoms with E-state index in [9.17, 15) is 4.79 Å². The third-order valence-electron chi connectivity index (χ3n) is 7.40. The van der Waals surface area contributed by atoms with Gasteiger partial charge in [-0.05, 0) is 60.4 Å². The van der Waals surface area contributed by atoms with E-state index >= 15 is 0 Å². The van der Waals surface area contributed by atoms with Crippen molar-refractivity contribution in [3.05, 3.63) is 109 Å². The number of hydrogen-bond donors (Lipinski definition) is 1. The zero-order chi connectivity index (χ0) is 25.7. The SMILES string of the molecule is O=C(COc1cccc2ccc(N3CCC(Cc4ccccc4)CC3)nc12)Nc1cccc2ccccc12. The van der Waals surface area contributed by atoms with Crippen molar-refractivity contribution in [2.75, 3.05) is 29.9 Å². The number of fused-ring (bicyclic) bond motifs is 2. The molecule has 5 aromatic rings. The predicted octanol–water partition coefficient (Wildman–Crippen LogP) is 6.86. The maximum absolute atomic E-state index is 12.8. The molecule has 0 radical (unpaired) electrons. The molecule has 1 aliphatic rings. The zero-order valence-electron chi connectivity index (χ0n) is 21.3. The fourth-order valence-electron chi connectivity index (χ4n) is 5.38. The zero-order valence-corrected chi connectivity index (χ0v) is 21.3. The molecule has 5 nitrogen and oxygen atoms in total. The number of carbonyl (C=O) groups excluding carboxylic acids is 1. The maximum atomic E-state index is 12.8.